The summed E-state index contributed by atoms with van der Waals surface area (Å²) in [6, 6.07) is 6.41. The van der Waals surface area contributed by atoms with Crippen LogP contribution in [0.15, 0.2) is 18.2 Å². The lowest BCUT2D eigenvalue weighted by atomic mass is 10.0. The monoisotopic (exact) mass is 313 g/mol. The molecular weight excluding hydrogens is 290 g/mol. The van der Waals surface area contributed by atoms with Crippen LogP contribution in [0.1, 0.15) is 43.7 Å². The number of benzene rings is 1. The maximum absolute atomic E-state index is 6.09. The van der Waals surface area contributed by atoms with Crippen LogP contribution in [0.25, 0.3) is 0 Å². The lowest BCUT2D eigenvalue weighted by Gasteiger charge is -2.24. The molecule has 0 radical (unpaired) electrons. The van der Waals surface area contributed by atoms with Gasteiger partial charge >= 0.3 is 0 Å². The molecule has 1 unspecified atom stereocenters. The highest BCUT2D eigenvalue weighted by atomic mass is 35.5. The predicted molar refractivity (Wildman–Crippen MR) is 89.1 cm³/mol. The van der Waals surface area contributed by atoms with Gasteiger partial charge in [-0.25, -0.2) is 0 Å². The number of nitrogens with one attached hydrogen (secondary N) is 1. The molecule has 1 atom stereocenters. The van der Waals surface area contributed by atoms with Crippen LogP contribution in [0, 0.1) is 0 Å². The molecule has 20 heavy (non-hydrogen) atoms. The predicted octanol–water partition coefficient (Wildman–Crippen LogP) is 4.68. The van der Waals surface area contributed by atoms with E-state index in [0.29, 0.717) is 11.1 Å². The molecule has 4 heteroatoms. The van der Waals surface area contributed by atoms with Crippen molar-refractivity contribution in [3.8, 4) is 5.75 Å². The highest BCUT2D eigenvalue weighted by Gasteiger charge is 2.17. The van der Waals surface area contributed by atoms with Crippen LogP contribution < -0.4 is 10.1 Å². The first-order chi connectivity index (χ1) is 9.74. The van der Waals surface area contributed by atoms with Crippen molar-refractivity contribution in [3.05, 3.63) is 28.8 Å². The van der Waals surface area contributed by atoms with Gasteiger partial charge in [0.15, 0.2) is 0 Å². The molecule has 1 aliphatic rings. The van der Waals surface area contributed by atoms with Gasteiger partial charge < -0.3 is 10.1 Å². The van der Waals surface area contributed by atoms with E-state index in [1.807, 2.05) is 19.2 Å². The van der Waals surface area contributed by atoms with Crippen LogP contribution in [-0.4, -0.2) is 25.2 Å². The first-order valence-corrected chi connectivity index (χ1v) is 8.79. The van der Waals surface area contributed by atoms with Gasteiger partial charge in [0.2, 0.25) is 0 Å². The molecule has 0 amide bonds. The zero-order valence-corrected chi connectivity index (χ0v) is 13.9. The normalized spacial score (nSPS) is 17.9. The number of thioether (sulfide) groups is 1. The van der Waals surface area contributed by atoms with Crippen LogP contribution in [0.5, 0.6) is 5.75 Å². The largest absolute Gasteiger partial charge is 0.495 e. The average molecular weight is 314 g/mol. The summed E-state index contributed by atoms with van der Waals surface area (Å²) in [6.45, 7) is 0. The molecule has 1 aromatic rings. The van der Waals surface area contributed by atoms with Crippen LogP contribution in [-0.2, 0) is 0 Å². The molecule has 1 saturated carbocycles. The van der Waals surface area contributed by atoms with Gasteiger partial charge in [0.1, 0.15) is 5.75 Å². The summed E-state index contributed by atoms with van der Waals surface area (Å²) < 4.78 is 5.31. The summed E-state index contributed by atoms with van der Waals surface area (Å²) >= 11 is 8.20. The molecule has 0 bridgehead atoms. The molecule has 112 valence electrons. The zero-order valence-electron chi connectivity index (χ0n) is 12.3. The van der Waals surface area contributed by atoms with Crippen LogP contribution in [0.4, 0.5) is 0 Å². The third kappa shape index (κ3) is 4.31. The maximum atomic E-state index is 6.09. The minimum atomic E-state index is 0.355. The van der Waals surface area contributed by atoms with E-state index in [-0.39, 0.29) is 0 Å². The Morgan fingerprint density at radius 2 is 2.10 bits per heavy atom. The number of halogens is 1. The quantitative estimate of drug-likeness (QED) is 0.824. The highest BCUT2D eigenvalue weighted by Crippen LogP contribution is 2.33. The summed E-state index contributed by atoms with van der Waals surface area (Å²) in [6.07, 6.45) is 6.98. The first-order valence-electron chi connectivity index (χ1n) is 7.37. The second-order valence-electron chi connectivity index (χ2n) is 5.33. The molecule has 0 saturated heterocycles. The minimum Gasteiger partial charge on any atom is -0.495 e. The Balaban J connectivity index is 1.96. The Morgan fingerprint density at radius 1 is 1.35 bits per heavy atom. The first kappa shape index (κ1) is 16.0. The Bertz CT molecular complexity index is 421. The van der Waals surface area contributed by atoms with E-state index in [4.69, 9.17) is 16.3 Å². The molecule has 2 rings (SSSR count). The van der Waals surface area contributed by atoms with Crippen molar-refractivity contribution < 1.29 is 4.74 Å². The van der Waals surface area contributed by atoms with Gasteiger partial charge in [-0.15, -0.1) is 0 Å². The van der Waals surface area contributed by atoms with E-state index < -0.39 is 0 Å². The Hall–Kier alpha value is -0.380. The van der Waals surface area contributed by atoms with Gasteiger partial charge in [0, 0.05) is 17.0 Å². The molecule has 0 spiro atoms. The second kappa shape index (κ2) is 8.16. The molecule has 2 nitrogen and oxygen atoms in total. The lowest BCUT2D eigenvalue weighted by Crippen LogP contribution is -2.21. The number of methoxy groups -OCH3 is 1. The van der Waals surface area contributed by atoms with Gasteiger partial charge in [-0.3, -0.25) is 0 Å². The van der Waals surface area contributed by atoms with Gasteiger partial charge in [-0.2, -0.15) is 11.8 Å². The van der Waals surface area contributed by atoms with Crippen molar-refractivity contribution in [2.24, 2.45) is 0 Å². The summed E-state index contributed by atoms with van der Waals surface area (Å²) in [5.41, 5.74) is 1.25. The number of hydrogen-bond acceptors (Lipinski definition) is 3. The van der Waals surface area contributed by atoms with E-state index in [0.717, 1.165) is 16.8 Å². The topological polar surface area (TPSA) is 21.3 Å². The fraction of sp³-hybridized carbons (Fsp3) is 0.625. The van der Waals surface area contributed by atoms with E-state index in [1.54, 1.807) is 7.11 Å². The Morgan fingerprint density at radius 3 is 2.75 bits per heavy atom. The van der Waals surface area contributed by atoms with E-state index in [2.05, 4.69) is 23.1 Å². The molecule has 0 heterocycles. The van der Waals surface area contributed by atoms with Crippen molar-refractivity contribution in [2.45, 2.75) is 43.4 Å². The van der Waals surface area contributed by atoms with Gasteiger partial charge in [-0.05, 0) is 37.6 Å². The second-order valence-corrected chi connectivity index (χ2v) is 7.07. The number of ether oxygens (including phenoxy) is 1. The minimum absolute atomic E-state index is 0.355. The summed E-state index contributed by atoms with van der Waals surface area (Å²) in [5, 5.41) is 4.92. The number of hydrogen-bond donors (Lipinski definition) is 1. The average Bonchev–Trinajstić information content (AvgIpc) is 2.50. The third-order valence-electron chi connectivity index (χ3n) is 3.98. The fourth-order valence-electron chi connectivity index (χ4n) is 2.70. The van der Waals surface area contributed by atoms with Crippen molar-refractivity contribution in [1.29, 1.82) is 0 Å². The van der Waals surface area contributed by atoms with Crippen molar-refractivity contribution >= 4 is 23.4 Å². The van der Waals surface area contributed by atoms with Crippen molar-refractivity contribution in [1.82, 2.24) is 5.32 Å². The van der Waals surface area contributed by atoms with Crippen LogP contribution in [0.2, 0.25) is 5.02 Å². The standard InChI is InChI=1S/C16H24ClNOS/c1-18-15(11-20-13-6-4-3-5-7-13)12-8-9-14(17)16(10-12)19-2/h8-10,13,15,18H,3-7,11H2,1-2H3. The lowest BCUT2D eigenvalue weighted by molar-refractivity contribution is 0.414. The fourth-order valence-corrected chi connectivity index (χ4v) is 4.39. The van der Waals surface area contributed by atoms with E-state index in [1.165, 1.54) is 37.7 Å². The van der Waals surface area contributed by atoms with Crippen molar-refractivity contribution in [2.75, 3.05) is 19.9 Å². The zero-order chi connectivity index (χ0) is 14.4. The number of rotatable bonds is 6. The Labute approximate surface area is 131 Å². The molecular formula is C16H24ClNOS. The van der Waals surface area contributed by atoms with E-state index in [9.17, 15) is 0 Å². The molecule has 0 aromatic heterocycles. The molecule has 1 aromatic carbocycles. The molecule has 1 N–H and O–H groups in total. The highest BCUT2D eigenvalue weighted by molar-refractivity contribution is 7.99. The van der Waals surface area contributed by atoms with Gasteiger partial charge in [0.05, 0.1) is 12.1 Å². The SMILES string of the molecule is CNC(CSC1CCCCC1)c1ccc(Cl)c(OC)c1. The Kier molecular flexibility index (Phi) is 6.53. The summed E-state index contributed by atoms with van der Waals surface area (Å²) in [4.78, 5) is 0. The molecule has 1 fully saturated rings. The van der Waals surface area contributed by atoms with Crippen molar-refractivity contribution in [3.63, 3.8) is 0 Å². The maximum Gasteiger partial charge on any atom is 0.137 e. The van der Waals surface area contributed by atoms with Gasteiger partial charge in [0.25, 0.3) is 0 Å². The molecule has 1 aliphatic carbocycles. The van der Waals surface area contributed by atoms with Crippen LogP contribution in [0.3, 0.4) is 0 Å². The molecule has 0 aliphatic heterocycles. The smallest absolute Gasteiger partial charge is 0.137 e. The van der Waals surface area contributed by atoms with Gasteiger partial charge in [-0.1, -0.05) is 36.9 Å². The summed E-state index contributed by atoms with van der Waals surface area (Å²) in [5.74, 6) is 1.86. The van der Waals surface area contributed by atoms with E-state index >= 15 is 0 Å². The summed E-state index contributed by atoms with van der Waals surface area (Å²) in [7, 11) is 3.68. The van der Waals surface area contributed by atoms with Crippen LogP contribution >= 0.6 is 23.4 Å². The third-order valence-corrected chi connectivity index (χ3v) is 5.76.